The molecule has 0 saturated carbocycles. The molecule has 0 atom stereocenters. The highest BCUT2D eigenvalue weighted by Gasteiger charge is 2.11. The average Bonchev–Trinajstić information content (AvgIpc) is 3.00. The molecule has 176 valence electrons. The van der Waals surface area contributed by atoms with Crippen LogP contribution in [0.5, 0.6) is 0 Å². The lowest BCUT2D eigenvalue weighted by Gasteiger charge is -2.13. The lowest BCUT2D eigenvalue weighted by molar-refractivity contribution is 1.77. The third-order valence-corrected chi connectivity index (χ3v) is 8.04. The van der Waals surface area contributed by atoms with Crippen LogP contribution >= 0.6 is 0 Å². The van der Waals surface area contributed by atoms with E-state index in [1.807, 2.05) is 0 Å². The highest BCUT2D eigenvalue weighted by atomic mass is 14.1. The summed E-state index contributed by atoms with van der Waals surface area (Å²) in [5, 5.41) is 18.9. The van der Waals surface area contributed by atoms with Gasteiger partial charge in [0.25, 0.3) is 0 Å². The Hall–Kier alpha value is -4.94. The van der Waals surface area contributed by atoms with Crippen LogP contribution in [-0.4, -0.2) is 0 Å². The van der Waals surface area contributed by atoms with E-state index in [-0.39, 0.29) is 0 Å². The normalized spacial score (nSPS) is 11.7. The molecule has 0 heteroatoms. The molecule has 0 radical (unpaired) electrons. The molecule has 9 rings (SSSR count). The lowest BCUT2D eigenvalue weighted by Crippen LogP contribution is -1.85. The van der Waals surface area contributed by atoms with Gasteiger partial charge < -0.3 is 0 Å². The Morgan fingerprint density at radius 3 is 0.632 bits per heavy atom. The summed E-state index contributed by atoms with van der Waals surface area (Å²) in [4.78, 5) is 0. The molecule has 0 saturated heterocycles. The van der Waals surface area contributed by atoms with Crippen molar-refractivity contribution in [3.8, 4) is 0 Å². The molecule has 0 aliphatic carbocycles. The van der Waals surface area contributed by atoms with Gasteiger partial charge in [0.15, 0.2) is 0 Å². The quantitative estimate of drug-likeness (QED) is 0.150. The molecule has 0 aliphatic heterocycles. The Labute approximate surface area is 220 Å². The van der Waals surface area contributed by atoms with Crippen LogP contribution in [0.1, 0.15) is 0 Å². The Balaban J connectivity index is 0.000000119. The van der Waals surface area contributed by atoms with E-state index in [0.29, 0.717) is 0 Å². The zero-order valence-electron chi connectivity index (χ0n) is 20.9. The second-order valence-corrected chi connectivity index (χ2v) is 10.1. The summed E-state index contributed by atoms with van der Waals surface area (Å²) >= 11 is 0. The maximum atomic E-state index is 2.25. The van der Waals surface area contributed by atoms with E-state index in [1.165, 1.54) is 75.4 Å². The molecular weight excluding hydrogens is 456 g/mol. The van der Waals surface area contributed by atoms with Crippen molar-refractivity contribution in [3.05, 3.63) is 146 Å². The number of benzene rings is 9. The Morgan fingerprint density at radius 2 is 0.395 bits per heavy atom. The van der Waals surface area contributed by atoms with Gasteiger partial charge in [-0.25, -0.2) is 0 Å². The van der Waals surface area contributed by atoms with Gasteiger partial charge in [-0.1, -0.05) is 146 Å². The first kappa shape index (κ1) is 21.2. The lowest BCUT2D eigenvalue weighted by atomic mass is 9.90. The minimum Gasteiger partial charge on any atom is -0.0616 e. The fraction of sp³-hybridized carbons (Fsp3) is 0. The summed E-state index contributed by atoms with van der Waals surface area (Å²) in [5.41, 5.74) is 0. The molecule has 0 aliphatic rings. The molecule has 9 aromatic carbocycles. The van der Waals surface area contributed by atoms with Crippen LogP contribution in [0.4, 0.5) is 0 Å². The molecule has 0 fully saturated rings. The first-order chi connectivity index (χ1) is 18.9. The monoisotopic (exact) mass is 480 g/mol. The second kappa shape index (κ2) is 8.30. The molecule has 0 unspecified atom stereocenters. The Bertz CT molecular complexity index is 1900. The van der Waals surface area contributed by atoms with Gasteiger partial charge in [-0.2, -0.15) is 0 Å². The van der Waals surface area contributed by atoms with Crippen molar-refractivity contribution in [2.45, 2.75) is 0 Å². The second-order valence-electron chi connectivity index (χ2n) is 10.1. The fourth-order valence-electron chi connectivity index (χ4n) is 6.44. The van der Waals surface area contributed by atoms with Crippen molar-refractivity contribution in [3.63, 3.8) is 0 Å². The number of hydrogen-bond acceptors (Lipinski definition) is 0. The predicted molar refractivity (Wildman–Crippen MR) is 167 cm³/mol. The van der Waals surface area contributed by atoms with E-state index in [1.54, 1.807) is 0 Å². The Kier molecular flexibility index (Phi) is 4.62. The molecule has 0 aromatic heterocycles. The van der Waals surface area contributed by atoms with E-state index >= 15 is 0 Å². The average molecular weight is 481 g/mol. The smallest absolute Gasteiger partial charge is 0.00264 e. The molecule has 9 aromatic rings. The SMILES string of the molecule is c1cc2cccc3c4cccc5cccc(c(c1)c23)c54.c1ccc2c(c1)c1ccccc1c1ccccc21. The number of fused-ring (bicyclic) bond motifs is 8. The third-order valence-electron chi connectivity index (χ3n) is 8.04. The van der Waals surface area contributed by atoms with Crippen LogP contribution in [0.2, 0.25) is 0 Å². The molecule has 0 spiro atoms. The van der Waals surface area contributed by atoms with Crippen molar-refractivity contribution in [2.75, 3.05) is 0 Å². The zero-order chi connectivity index (χ0) is 25.1. The summed E-state index contributed by atoms with van der Waals surface area (Å²) in [6.45, 7) is 0. The van der Waals surface area contributed by atoms with E-state index in [0.717, 1.165) is 0 Å². The van der Waals surface area contributed by atoms with Gasteiger partial charge in [-0.05, 0) is 75.4 Å². The highest BCUT2D eigenvalue weighted by molar-refractivity contribution is 6.32. The van der Waals surface area contributed by atoms with Crippen molar-refractivity contribution >= 4 is 75.4 Å². The summed E-state index contributed by atoms with van der Waals surface area (Å²) in [5.74, 6) is 0. The van der Waals surface area contributed by atoms with Crippen LogP contribution in [0.15, 0.2) is 146 Å². The molecule has 0 bridgehead atoms. The van der Waals surface area contributed by atoms with E-state index < -0.39 is 0 Å². The van der Waals surface area contributed by atoms with Gasteiger partial charge in [0.2, 0.25) is 0 Å². The van der Waals surface area contributed by atoms with Crippen LogP contribution in [0, 0.1) is 0 Å². The zero-order valence-corrected chi connectivity index (χ0v) is 20.9. The largest absolute Gasteiger partial charge is 0.0616 e. The highest BCUT2D eigenvalue weighted by Crippen LogP contribution is 2.39. The molecule has 0 amide bonds. The van der Waals surface area contributed by atoms with Gasteiger partial charge in [0.1, 0.15) is 0 Å². The van der Waals surface area contributed by atoms with E-state index in [9.17, 15) is 0 Å². The maximum Gasteiger partial charge on any atom is -0.00264 e. The summed E-state index contributed by atoms with van der Waals surface area (Å²) in [6.07, 6.45) is 0. The molecular formula is C38H24. The number of hydrogen-bond donors (Lipinski definition) is 0. The van der Waals surface area contributed by atoms with Gasteiger partial charge in [-0.15, -0.1) is 0 Å². The molecule has 0 N–H and O–H groups in total. The first-order valence-electron chi connectivity index (χ1n) is 13.2. The van der Waals surface area contributed by atoms with E-state index in [2.05, 4.69) is 146 Å². The topological polar surface area (TPSA) is 0 Å². The van der Waals surface area contributed by atoms with Crippen molar-refractivity contribution in [1.82, 2.24) is 0 Å². The van der Waals surface area contributed by atoms with Crippen LogP contribution < -0.4 is 0 Å². The number of rotatable bonds is 0. The predicted octanol–water partition coefficient (Wildman–Crippen LogP) is 10.9. The van der Waals surface area contributed by atoms with Crippen LogP contribution in [0.25, 0.3) is 75.4 Å². The third kappa shape index (κ3) is 3.04. The minimum atomic E-state index is 1.33. The van der Waals surface area contributed by atoms with E-state index in [4.69, 9.17) is 0 Å². The summed E-state index contributed by atoms with van der Waals surface area (Å²) in [7, 11) is 0. The van der Waals surface area contributed by atoms with Crippen molar-refractivity contribution in [2.24, 2.45) is 0 Å². The molecule has 38 heavy (non-hydrogen) atoms. The van der Waals surface area contributed by atoms with Crippen LogP contribution in [0.3, 0.4) is 0 Å². The molecule has 0 heterocycles. The first-order valence-corrected chi connectivity index (χ1v) is 13.2. The van der Waals surface area contributed by atoms with Crippen molar-refractivity contribution < 1.29 is 0 Å². The Morgan fingerprint density at radius 1 is 0.184 bits per heavy atom. The molecule has 0 nitrogen and oxygen atoms in total. The summed E-state index contributed by atoms with van der Waals surface area (Å²) in [6, 6.07) is 52.4. The van der Waals surface area contributed by atoms with Crippen molar-refractivity contribution in [1.29, 1.82) is 0 Å². The standard InChI is InChI=1S/C20H12.C18H12/c1-5-13-6-2-11-17-18-12-4-8-14-7-3-10-16(20(14)18)15(9-1)19(13)17;1-2-8-14-13(7-1)15-9-3-4-11-17(15)18-12-6-5-10-16(14)18/h1-12H;1-12H. The fourth-order valence-corrected chi connectivity index (χ4v) is 6.44. The van der Waals surface area contributed by atoms with Gasteiger partial charge in [0.05, 0.1) is 0 Å². The van der Waals surface area contributed by atoms with Gasteiger partial charge in [0, 0.05) is 0 Å². The van der Waals surface area contributed by atoms with Crippen LogP contribution in [-0.2, 0) is 0 Å². The van der Waals surface area contributed by atoms with Gasteiger partial charge >= 0.3 is 0 Å². The summed E-state index contributed by atoms with van der Waals surface area (Å²) < 4.78 is 0. The van der Waals surface area contributed by atoms with Gasteiger partial charge in [-0.3, -0.25) is 0 Å². The minimum absolute atomic E-state index is 1.33. The maximum absolute atomic E-state index is 2.25.